The van der Waals surface area contributed by atoms with Gasteiger partial charge in [0.25, 0.3) is 0 Å². The average molecular weight is 423 g/mol. The summed E-state index contributed by atoms with van der Waals surface area (Å²) in [5, 5.41) is 1.52. The standard InChI is InChI=1S/C15H12Br2Cl2/c1-8-6-14(19)9(2)5-12(8)15(17)11-4-3-10(18)7-13(11)16/h3-7,15H,1-2H3. The molecule has 1 unspecified atom stereocenters. The Hall–Kier alpha value is -0.0200. The normalized spacial score (nSPS) is 12.5. The lowest BCUT2D eigenvalue weighted by Gasteiger charge is -2.17. The van der Waals surface area contributed by atoms with Crippen LogP contribution >= 0.6 is 55.1 Å². The highest BCUT2D eigenvalue weighted by molar-refractivity contribution is 9.11. The zero-order valence-corrected chi connectivity index (χ0v) is 15.2. The van der Waals surface area contributed by atoms with E-state index in [0.717, 1.165) is 25.6 Å². The van der Waals surface area contributed by atoms with Gasteiger partial charge in [-0.05, 0) is 54.3 Å². The maximum Gasteiger partial charge on any atom is 0.0658 e. The molecule has 4 heteroatoms. The van der Waals surface area contributed by atoms with Crippen LogP contribution < -0.4 is 0 Å². The highest BCUT2D eigenvalue weighted by Crippen LogP contribution is 2.39. The number of hydrogen-bond acceptors (Lipinski definition) is 0. The Kier molecular flexibility index (Phi) is 4.99. The van der Waals surface area contributed by atoms with E-state index in [1.54, 1.807) is 0 Å². The van der Waals surface area contributed by atoms with Gasteiger partial charge in [0.1, 0.15) is 0 Å². The number of alkyl halides is 1. The Balaban J connectivity index is 2.49. The molecule has 2 rings (SSSR count). The van der Waals surface area contributed by atoms with Crippen LogP contribution in [-0.2, 0) is 0 Å². The van der Waals surface area contributed by atoms with Crippen LogP contribution in [0.2, 0.25) is 10.0 Å². The quantitative estimate of drug-likeness (QED) is 0.464. The second-order valence-electron chi connectivity index (χ2n) is 4.49. The molecule has 0 bridgehead atoms. The third-order valence-electron chi connectivity index (χ3n) is 3.06. The molecule has 0 saturated carbocycles. The van der Waals surface area contributed by atoms with E-state index in [9.17, 15) is 0 Å². The summed E-state index contributed by atoms with van der Waals surface area (Å²) in [6, 6.07) is 9.95. The highest BCUT2D eigenvalue weighted by Gasteiger charge is 2.17. The van der Waals surface area contributed by atoms with E-state index in [4.69, 9.17) is 23.2 Å². The van der Waals surface area contributed by atoms with Gasteiger partial charge >= 0.3 is 0 Å². The third-order valence-corrected chi connectivity index (χ3v) is 5.37. The molecule has 0 heterocycles. The first-order valence-corrected chi connectivity index (χ1v) is 8.22. The molecule has 0 spiro atoms. The summed E-state index contributed by atoms with van der Waals surface area (Å²) in [5.74, 6) is 0. The molecular weight excluding hydrogens is 411 g/mol. The minimum atomic E-state index is 0.107. The van der Waals surface area contributed by atoms with Crippen molar-refractivity contribution < 1.29 is 0 Å². The summed E-state index contributed by atoms with van der Waals surface area (Å²) in [6.07, 6.45) is 0. The molecule has 2 aromatic rings. The van der Waals surface area contributed by atoms with Gasteiger partial charge in [-0.3, -0.25) is 0 Å². The van der Waals surface area contributed by atoms with Gasteiger partial charge in [-0.15, -0.1) is 0 Å². The lowest BCUT2D eigenvalue weighted by Crippen LogP contribution is -1.98. The number of halogens is 4. The van der Waals surface area contributed by atoms with Gasteiger partial charge in [0, 0.05) is 14.5 Å². The van der Waals surface area contributed by atoms with Crippen LogP contribution in [0, 0.1) is 13.8 Å². The molecule has 1 atom stereocenters. The molecule has 0 saturated heterocycles. The van der Waals surface area contributed by atoms with E-state index in [1.807, 2.05) is 31.2 Å². The molecule has 0 fully saturated rings. The Bertz CT molecular complexity index is 624. The zero-order valence-electron chi connectivity index (χ0n) is 10.5. The maximum absolute atomic E-state index is 6.15. The van der Waals surface area contributed by atoms with Crippen molar-refractivity contribution in [1.29, 1.82) is 0 Å². The molecule has 100 valence electrons. The number of benzene rings is 2. The Morgan fingerprint density at radius 1 is 0.947 bits per heavy atom. The molecule has 2 aromatic carbocycles. The van der Waals surface area contributed by atoms with Crippen LogP contribution in [0.4, 0.5) is 0 Å². The van der Waals surface area contributed by atoms with Gasteiger partial charge in [-0.25, -0.2) is 0 Å². The Morgan fingerprint density at radius 2 is 1.63 bits per heavy atom. The maximum atomic E-state index is 6.15. The molecule has 0 aliphatic carbocycles. The summed E-state index contributed by atoms with van der Waals surface area (Å²) in [7, 11) is 0. The number of hydrogen-bond donors (Lipinski definition) is 0. The predicted molar refractivity (Wildman–Crippen MR) is 90.8 cm³/mol. The second-order valence-corrected chi connectivity index (χ2v) is 7.10. The minimum absolute atomic E-state index is 0.107. The highest BCUT2D eigenvalue weighted by atomic mass is 79.9. The molecule has 0 aliphatic heterocycles. The molecule has 19 heavy (non-hydrogen) atoms. The van der Waals surface area contributed by atoms with E-state index >= 15 is 0 Å². The zero-order chi connectivity index (χ0) is 14.2. The van der Waals surface area contributed by atoms with E-state index in [1.165, 1.54) is 11.1 Å². The van der Waals surface area contributed by atoms with Gasteiger partial charge in [-0.1, -0.05) is 67.2 Å². The van der Waals surface area contributed by atoms with E-state index in [-0.39, 0.29) is 4.83 Å². The van der Waals surface area contributed by atoms with Crippen molar-refractivity contribution in [3.05, 3.63) is 67.1 Å². The Labute approximate surface area is 140 Å². The predicted octanol–water partition coefficient (Wildman–Crippen LogP) is 6.86. The first-order chi connectivity index (χ1) is 8.90. The van der Waals surface area contributed by atoms with Crippen LogP contribution in [-0.4, -0.2) is 0 Å². The minimum Gasteiger partial charge on any atom is -0.0843 e. The summed E-state index contributed by atoms with van der Waals surface area (Å²) >= 11 is 19.5. The van der Waals surface area contributed by atoms with Gasteiger partial charge < -0.3 is 0 Å². The van der Waals surface area contributed by atoms with E-state index in [0.29, 0.717) is 0 Å². The summed E-state index contributed by atoms with van der Waals surface area (Å²) in [4.78, 5) is 0.107. The molecule has 0 radical (unpaired) electrons. The Morgan fingerprint density at radius 3 is 2.26 bits per heavy atom. The van der Waals surface area contributed by atoms with E-state index in [2.05, 4.69) is 44.8 Å². The smallest absolute Gasteiger partial charge is 0.0658 e. The second kappa shape index (κ2) is 6.17. The van der Waals surface area contributed by atoms with Crippen LogP contribution in [0.25, 0.3) is 0 Å². The third kappa shape index (κ3) is 3.36. The lowest BCUT2D eigenvalue weighted by molar-refractivity contribution is 1.12. The molecular formula is C15H12Br2Cl2. The average Bonchev–Trinajstić information content (AvgIpc) is 2.33. The monoisotopic (exact) mass is 420 g/mol. The van der Waals surface area contributed by atoms with Crippen LogP contribution in [0.5, 0.6) is 0 Å². The van der Waals surface area contributed by atoms with Crippen molar-refractivity contribution in [2.45, 2.75) is 18.7 Å². The van der Waals surface area contributed by atoms with Gasteiger partial charge in [-0.2, -0.15) is 0 Å². The fourth-order valence-corrected chi connectivity index (χ4v) is 4.28. The summed E-state index contributed by atoms with van der Waals surface area (Å²) in [5.41, 5.74) is 4.61. The van der Waals surface area contributed by atoms with Crippen LogP contribution in [0.1, 0.15) is 27.1 Å². The van der Waals surface area contributed by atoms with Crippen LogP contribution in [0.15, 0.2) is 34.8 Å². The molecule has 0 N–H and O–H groups in total. The summed E-state index contributed by atoms with van der Waals surface area (Å²) in [6.45, 7) is 4.08. The molecule has 0 aromatic heterocycles. The van der Waals surface area contributed by atoms with Crippen molar-refractivity contribution in [2.24, 2.45) is 0 Å². The fourth-order valence-electron chi connectivity index (χ4n) is 1.95. The van der Waals surface area contributed by atoms with Gasteiger partial charge in [0.15, 0.2) is 0 Å². The lowest BCUT2D eigenvalue weighted by atomic mass is 9.98. The van der Waals surface area contributed by atoms with Gasteiger partial charge in [0.05, 0.1) is 4.83 Å². The fraction of sp³-hybridized carbons (Fsp3) is 0.200. The van der Waals surface area contributed by atoms with Crippen LogP contribution in [0.3, 0.4) is 0 Å². The first-order valence-electron chi connectivity index (χ1n) is 5.76. The van der Waals surface area contributed by atoms with Crippen molar-refractivity contribution in [3.63, 3.8) is 0 Å². The van der Waals surface area contributed by atoms with Crippen molar-refractivity contribution in [1.82, 2.24) is 0 Å². The SMILES string of the molecule is Cc1cc(C(Br)c2ccc(Cl)cc2Br)c(C)cc1Cl. The number of aryl methyl sites for hydroxylation is 2. The van der Waals surface area contributed by atoms with Crippen molar-refractivity contribution in [2.75, 3.05) is 0 Å². The first kappa shape index (κ1) is 15.4. The molecule has 0 nitrogen and oxygen atoms in total. The van der Waals surface area contributed by atoms with Gasteiger partial charge in [0.2, 0.25) is 0 Å². The van der Waals surface area contributed by atoms with Crippen molar-refractivity contribution in [3.8, 4) is 0 Å². The molecule has 0 amide bonds. The summed E-state index contributed by atoms with van der Waals surface area (Å²) < 4.78 is 0.994. The largest absolute Gasteiger partial charge is 0.0843 e. The van der Waals surface area contributed by atoms with Crippen molar-refractivity contribution >= 4 is 55.1 Å². The molecule has 0 aliphatic rings. The number of rotatable bonds is 2. The van der Waals surface area contributed by atoms with E-state index < -0.39 is 0 Å². The topological polar surface area (TPSA) is 0 Å².